The summed E-state index contributed by atoms with van der Waals surface area (Å²) in [5.74, 6) is 0.839. The molecule has 0 aliphatic carbocycles. The minimum absolute atomic E-state index is 0.00845. The molecule has 1 aliphatic rings. The van der Waals surface area contributed by atoms with Gasteiger partial charge in [0.25, 0.3) is 0 Å². The number of hydrogen-bond donors (Lipinski definition) is 0. The summed E-state index contributed by atoms with van der Waals surface area (Å²) in [6.45, 7) is 2.61. The molecule has 1 fully saturated rings. The molecular formula is C27H29N3O3S2. The number of rotatable bonds is 8. The molecule has 8 heteroatoms. The highest BCUT2D eigenvalue weighted by Crippen LogP contribution is 2.28. The first-order valence-electron chi connectivity index (χ1n) is 11.8. The summed E-state index contributed by atoms with van der Waals surface area (Å²) in [6, 6.07) is 19.4. The van der Waals surface area contributed by atoms with E-state index in [0.717, 1.165) is 24.2 Å². The SMILES string of the molecule is CN(Cc1ccsc1)Cc1cccc(OC2CCN(S(=O)(=O)c3cccc4cccnc34)CC2)c1. The molecule has 0 unspecified atom stereocenters. The summed E-state index contributed by atoms with van der Waals surface area (Å²) in [6.07, 6.45) is 2.93. The van der Waals surface area contributed by atoms with Gasteiger partial charge in [-0.1, -0.05) is 30.3 Å². The molecule has 0 radical (unpaired) electrons. The molecule has 0 atom stereocenters. The molecule has 1 saturated heterocycles. The predicted octanol–water partition coefficient (Wildman–Crippen LogP) is 5.16. The Balaban J connectivity index is 1.20. The Morgan fingerprint density at radius 1 is 1.03 bits per heavy atom. The highest BCUT2D eigenvalue weighted by atomic mass is 32.2. The van der Waals surface area contributed by atoms with Gasteiger partial charge >= 0.3 is 0 Å². The van der Waals surface area contributed by atoms with E-state index in [4.69, 9.17) is 4.74 Å². The summed E-state index contributed by atoms with van der Waals surface area (Å²) in [5.41, 5.74) is 3.05. The monoisotopic (exact) mass is 507 g/mol. The number of benzene rings is 2. The largest absolute Gasteiger partial charge is 0.490 e. The van der Waals surface area contributed by atoms with Crippen LogP contribution in [0.1, 0.15) is 24.0 Å². The normalized spacial score (nSPS) is 15.6. The molecule has 1 aliphatic heterocycles. The number of para-hydroxylation sites is 1. The zero-order valence-corrected chi connectivity index (χ0v) is 21.3. The van der Waals surface area contributed by atoms with E-state index in [1.54, 1.807) is 34.0 Å². The second-order valence-corrected chi connectivity index (χ2v) is 11.7. The molecule has 0 amide bonds. The molecule has 0 saturated carbocycles. The molecule has 4 aromatic rings. The number of piperidine rings is 1. The average Bonchev–Trinajstić information content (AvgIpc) is 3.37. The minimum atomic E-state index is -3.62. The van der Waals surface area contributed by atoms with Gasteiger partial charge in [0, 0.05) is 37.8 Å². The fraction of sp³-hybridized carbons (Fsp3) is 0.296. The van der Waals surface area contributed by atoms with Gasteiger partial charge in [0.15, 0.2) is 0 Å². The zero-order valence-electron chi connectivity index (χ0n) is 19.7. The lowest BCUT2D eigenvalue weighted by molar-refractivity contribution is 0.135. The van der Waals surface area contributed by atoms with Gasteiger partial charge in [0.2, 0.25) is 10.0 Å². The Hall–Kier alpha value is -2.78. The highest BCUT2D eigenvalue weighted by molar-refractivity contribution is 7.89. The van der Waals surface area contributed by atoms with E-state index in [1.165, 1.54) is 11.1 Å². The average molecular weight is 508 g/mol. The molecule has 2 aromatic heterocycles. The van der Waals surface area contributed by atoms with Crippen LogP contribution in [-0.2, 0) is 23.1 Å². The van der Waals surface area contributed by atoms with Crippen LogP contribution in [0.4, 0.5) is 0 Å². The maximum atomic E-state index is 13.4. The van der Waals surface area contributed by atoms with Gasteiger partial charge in [-0.05, 0) is 72.1 Å². The van der Waals surface area contributed by atoms with Gasteiger partial charge in [0.05, 0.1) is 5.52 Å². The summed E-state index contributed by atoms with van der Waals surface area (Å²) in [5, 5.41) is 5.11. The number of sulfonamides is 1. The van der Waals surface area contributed by atoms with Gasteiger partial charge in [-0.2, -0.15) is 15.6 Å². The Kier molecular flexibility index (Phi) is 7.15. The van der Waals surface area contributed by atoms with E-state index in [0.29, 0.717) is 31.4 Å². The Labute approximate surface area is 210 Å². The molecule has 0 spiro atoms. The van der Waals surface area contributed by atoms with Crippen molar-refractivity contribution in [1.29, 1.82) is 0 Å². The number of fused-ring (bicyclic) bond motifs is 1. The zero-order chi connectivity index (χ0) is 24.3. The Morgan fingerprint density at radius 3 is 2.60 bits per heavy atom. The van der Waals surface area contributed by atoms with Gasteiger partial charge in [-0.25, -0.2) is 8.42 Å². The summed E-state index contributed by atoms with van der Waals surface area (Å²) in [7, 11) is -1.50. The first-order valence-corrected chi connectivity index (χ1v) is 14.2. The lowest BCUT2D eigenvalue weighted by Gasteiger charge is -2.31. The summed E-state index contributed by atoms with van der Waals surface area (Å²) < 4.78 is 34.6. The second kappa shape index (κ2) is 10.5. The molecule has 0 N–H and O–H groups in total. The van der Waals surface area contributed by atoms with E-state index < -0.39 is 10.0 Å². The number of hydrogen-bond acceptors (Lipinski definition) is 6. The standard InChI is InChI=1S/C27H29N3O3S2/c1-29(19-22-12-16-34-20-22)18-21-5-2-8-25(17-21)33-24-10-14-30(15-11-24)35(31,32)26-9-3-6-23-7-4-13-28-27(23)26/h2-9,12-13,16-17,20,24H,10-11,14-15,18-19H2,1H3. The van der Waals surface area contributed by atoms with Crippen LogP contribution >= 0.6 is 11.3 Å². The molecule has 5 rings (SSSR count). The van der Waals surface area contributed by atoms with Crippen molar-refractivity contribution >= 4 is 32.3 Å². The van der Waals surface area contributed by atoms with E-state index in [1.807, 2.05) is 30.3 Å². The van der Waals surface area contributed by atoms with Crippen LogP contribution in [0, 0.1) is 0 Å². The van der Waals surface area contributed by atoms with Crippen LogP contribution in [0.2, 0.25) is 0 Å². The third-order valence-electron chi connectivity index (χ3n) is 6.30. The molecule has 3 heterocycles. The molecule has 35 heavy (non-hydrogen) atoms. The maximum Gasteiger partial charge on any atom is 0.245 e. The summed E-state index contributed by atoms with van der Waals surface area (Å²) >= 11 is 1.72. The first-order chi connectivity index (χ1) is 17.0. The van der Waals surface area contributed by atoms with Crippen LogP contribution < -0.4 is 4.74 Å². The fourth-order valence-corrected chi connectivity index (χ4v) is 6.88. The van der Waals surface area contributed by atoms with Crippen LogP contribution in [0.15, 0.2) is 82.5 Å². The van der Waals surface area contributed by atoms with Crippen LogP contribution in [-0.4, -0.2) is 48.8 Å². The van der Waals surface area contributed by atoms with Crippen molar-refractivity contribution in [2.24, 2.45) is 0 Å². The number of aromatic nitrogens is 1. The molecule has 6 nitrogen and oxygen atoms in total. The van der Waals surface area contributed by atoms with Crippen molar-refractivity contribution in [3.63, 3.8) is 0 Å². The van der Waals surface area contributed by atoms with E-state index in [-0.39, 0.29) is 11.0 Å². The molecular weight excluding hydrogens is 478 g/mol. The highest BCUT2D eigenvalue weighted by Gasteiger charge is 2.31. The molecule has 2 aromatic carbocycles. The number of ether oxygens (including phenoxy) is 1. The smallest absolute Gasteiger partial charge is 0.245 e. The Bertz CT molecular complexity index is 1380. The number of nitrogens with zero attached hydrogens (tertiary/aromatic N) is 3. The van der Waals surface area contributed by atoms with Crippen molar-refractivity contribution in [1.82, 2.24) is 14.2 Å². The van der Waals surface area contributed by atoms with Crippen molar-refractivity contribution in [2.45, 2.75) is 36.9 Å². The third-order valence-corrected chi connectivity index (χ3v) is 8.96. The number of thiophene rings is 1. The van der Waals surface area contributed by atoms with Gasteiger partial charge in [-0.15, -0.1) is 0 Å². The van der Waals surface area contributed by atoms with Gasteiger partial charge in [0.1, 0.15) is 16.7 Å². The van der Waals surface area contributed by atoms with Crippen molar-refractivity contribution in [3.05, 3.63) is 88.7 Å². The van der Waals surface area contributed by atoms with Crippen molar-refractivity contribution in [2.75, 3.05) is 20.1 Å². The van der Waals surface area contributed by atoms with E-state index in [9.17, 15) is 8.42 Å². The Morgan fingerprint density at radius 2 is 1.80 bits per heavy atom. The van der Waals surface area contributed by atoms with E-state index in [2.05, 4.69) is 45.9 Å². The topological polar surface area (TPSA) is 62.7 Å². The van der Waals surface area contributed by atoms with Gasteiger partial charge < -0.3 is 4.74 Å². The fourth-order valence-electron chi connectivity index (χ4n) is 4.59. The van der Waals surface area contributed by atoms with E-state index >= 15 is 0 Å². The minimum Gasteiger partial charge on any atom is -0.490 e. The van der Waals surface area contributed by atoms with Gasteiger partial charge in [-0.3, -0.25) is 9.88 Å². The predicted molar refractivity (Wildman–Crippen MR) is 140 cm³/mol. The number of pyridine rings is 1. The van der Waals surface area contributed by atoms with Crippen molar-refractivity contribution in [3.8, 4) is 5.75 Å². The van der Waals surface area contributed by atoms with Crippen LogP contribution in [0.5, 0.6) is 5.75 Å². The van der Waals surface area contributed by atoms with Crippen LogP contribution in [0.25, 0.3) is 10.9 Å². The molecule has 0 bridgehead atoms. The molecule has 182 valence electrons. The first kappa shape index (κ1) is 23.9. The van der Waals surface area contributed by atoms with Crippen LogP contribution in [0.3, 0.4) is 0 Å². The lowest BCUT2D eigenvalue weighted by atomic mass is 10.1. The maximum absolute atomic E-state index is 13.4. The third kappa shape index (κ3) is 5.56. The lowest BCUT2D eigenvalue weighted by Crippen LogP contribution is -2.41. The summed E-state index contributed by atoms with van der Waals surface area (Å²) in [4.78, 5) is 6.89. The van der Waals surface area contributed by atoms with Crippen molar-refractivity contribution < 1.29 is 13.2 Å². The quantitative estimate of drug-likeness (QED) is 0.330. The second-order valence-electron chi connectivity index (χ2n) is 9.00.